The molecule has 1 aromatic carbocycles. The topological polar surface area (TPSA) is 38.0 Å². The van der Waals surface area contributed by atoms with Crippen molar-refractivity contribution < 1.29 is 5.11 Å². The minimum absolute atomic E-state index is 0.0800. The molecule has 3 heteroatoms. The summed E-state index contributed by atoms with van der Waals surface area (Å²) in [7, 11) is 0. The van der Waals surface area contributed by atoms with E-state index in [0.717, 1.165) is 23.0 Å². The minimum Gasteiger partial charge on any atom is -0.392 e. The third-order valence-electron chi connectivity index (χ3n) is 2.52. The molecule has 0 aliphatic heterocycles. The summed E-state index contributed by atoms with van der Waals surface area (Å²) >= 11 is 0. The van der Waals surface area contributed by atoms with Crippen LogP contribution in [-0.4, -0.2) is 14.9 Å². The number of fused-ring (bicyclic) bond motifs is 1. The summed E-state index contributed by atoms with van der Waals surface area (Å²) in [5.74, 6) is 0. The first-order chi connectivity index (χ1) is 7.49. The lowest BCUT2D eigenvalue weighted by Crippen LogP contribution is -2.16. The summed E-state index contributed by atoms with van der Waals surface area (Å²) in [6, 6.07) is 5.95. The van der Waals surface area contributed by atoms with Crippen molar-refractivity contribution in [2.24, 2.45) is 5.41 Å². The number of aliphatic hydroxyl groups excluding tert-OH is 1. The SMILES string of the molecule is CC(C)(C)Cn1ncc2ccc(CO)cc21. The fourth-order valence-corrected chi connectivity index (χ4v) is 1.79. The first-order valence-electron chi connectivity index (χ1n) is 5.55. The third kappa shape index (κ3) is 2.25. The van der Waals surface area contributed by atoms with Crippen LogP contribution >= 0.6 is 0 Å². The van der Waals surface area contributed by atoms with Crippen LogP contribution in [0.3, 0.4) is 0 Å². The van der Waals surface area contributed by atoms with E-state index in [9.17, 15) is 0 Å². The Kier molecular flexibility index (Phi) is 2.72. The zero-order chi connectivity index (χ0) is 11.8. The van der Waals surface area contributed by atoms with Gasteiger partial charge in [-0.25, -0.2) is 0 Å². The molecule has 2 rings (SSSR count). The number of hydrogen-bond acceptors (Lipinski definition) is 2. The number of benzene rings is 1. The standard InChI is InChI=1S/C13H18N2O/c1-13(2,3)9-15-12-6-10(8-16)4-5-11(12)7-14-15/h4-7,16H,8-9H2,1-3H3. The lowest BCUT2D eigenvalue weighted by atomic mass is 9.97. The Morgan fingerprint density at radius 3 is 2.69 bits per heavy atom. The van der Waals surface area contributed by atoms with Gasteiger partial charge >= 0.3 is 0 Å². The monoisotopic (exact) mass is 218 g/mol. The van der Waals surface area contributed by atoms with E-state index in [1.165, 1.54) is 0 Å². The van der Waals surface area contributed by atoms with Gasteiger partial charge in [0, 0.05) is 11.9 Å². The van der Waals surface area contributed by atoms with Gasteiger partial charge in [0.1, 0.15) is 0 Å². The molecular formula is C13H18N2O. The number of hydrogen-bond donors (Lipinski definition) is 1. The maximum Gasteiger partial charge on any atom is 0.0686 e. The summed E-state index contributed by atoms with van der Waals surface area (Å²) in [5.41, 5.74) is 2.23. The van der Waals surface area contributed by atoms with Crippen LogP contribution in [0.4, 0.5) is 0 Å². The van der Waals surface area contributed by atoms with E-state index >= 15 is 0 Å². The van der Waals surface area contributed by atoms with Crippen LogP contribution in [0.2, 0.25) is 0 Å². The summed E-state index contributed by atoms with van der Waals surface area (Å²) in [6.45, 7) is 7.53. The average Bonchev–Trinajstić information content (AvgIpc) is 2.58. The van der Waals surface area contributed by atoms with Crippen molar-refractivity contribution in [2.75, 3.05) is 0 Å². The smallest absolute Gasteiger partial charge is 0.0686 e. The Balaban J connectivity index is 2.46. The van der Waals surface area contributed by atoms with Crippen molar-refractivity contribution in [3.05, 3.63) is 30.0 Å². The predicted molar refractivity (Wildman–Crippen MR) is 65.1 cm³/mol. The zero-order valence-electron chi connectivity index (χ0n) is 10.1. The van der Waals surface area contributed by atoms with E-state index in [2.05, 4.69) is 25.9 Å². The number of nitrogens with zero attached hydrogens (tertiary/aromatic N) is 2. The Hall–Kier alpha value is -1.35. The second-order valence-electron chi connectivity index (χ2n) is 5.41. The highest BCUT2D eigenvalue weighted by Crippen LogP contribution is 2.21. The second kappa shape index (κ2) is 3.91. The Bertz CT molecular complexity index is 494. The fraction of sp³-hybridized carbons (Fsp3) is 0.462. The highest BCUT2D eigenvalue weighted by atomic mass is 16.3. The fourth-order valence-electron chi connectivity index (χ4n) is 1.79. The van der Waals surface area contributed by atoms with E-state index in [0.29, 0.717) is 0 Å². The molecule has 0 unspecified atom stereocenters. The van der Waals surface area contributed by atoms with Gasteiger partial charge < -0.3 is 5.11 Å². The first kappa shape index (κ1) is 11.1. The Morgan fingerprint density at radius 2 is 2.06 bits per heavy atom. The molecule has 0 spiro atoms. The molecular weight excluding hydrogens is 200 g/mol. The van der Waals surface area contributed by atoms with Crippen LogP contribution < -0.4 is 0 Å². The van der Waals surface area contributed by atoms with E-state index in [1.54, 1.807) is 0 Å². The lowest BCUT2D eigenvalue weighted by molar-refractivity contribution is 0.282. The van der Waals surface area contributed by atoms with Crippen LogP contribution in [0.1, 0.15) is 26.3 Å². The second-order valence-corrected chi connectivity index (χ2v) is 5.41. The molecule has 0 atom stereocenters. The number of aromatic nitrogens is 2. The quantitative estimate of drug-likeness (QED) is 0.841. The molecule has 0 radical (unpaired) electrons. The molecule has 0 aliphatic carbocycles. The van der Waals surface area contributed by atoms with Crippen molar-refractivity contribution in [1.82, 2.24) is 9.78 Å². The minimum atomic E-state index is 0.0800. The van der Waals surface area contributed by atoms with Gasteiger partial charge in [0.15, 0.2) is 0 Å². The van der Waals surface area contributed by atoms with Gasteiger partial charge in [-0.3, -0.25) is 4.68 Å². The summed E-state index contributed by atoms with van der Waals surface area (Å²) in [4.78, 5) is 0. The van der Waals surface area contributed by atoms with Crippen LogP contribution in [0.25, 0.3) is 10.9 Å². The van der Waals surface area contributed by atoms with Gasteiger partial charge in [0.05, 0.1) is 18.3 Å². The molecule has 0 aliphatic rings. The Morgan fingerprint density at radius 1 is 1.31 bits per heavy atom. The zero-order valence-corrected chi connectivity index (χ0v) is 10.1. The molecule has 2 aromatic rings. The normalized spacial score (nSPS) is 12.2. The van der Waals surface area contributed by atoms with Gasteiger partial charge in [-0.15, -0.1) is 0 Å². The van der Waals surface area contributed by atoms with Gasteiger partial charge in [-0.1, -0.05) is 32.9 Å². The summed E-state index contributed by atoms with van der Waals surface area (Å²) < 4.78 is 2.01. The van der Waals surface area contributed by atoms with Crippen molar-refractivity contribution in [2.45, 2.75) is 33.9 Å². The van der Waals surface area contributed by atoms with E-state index in [-0.39, 0.29) is 12.0 Å². The van der Waals surface area contributed by atoms with E-state index < -0.39 is 0 Å². The Labute approximate surface area is 95.7 Å². The van der Waals surface area contributed by atoms with Gasteiger partial charge in [0.25, 0.3) is 0 Å². The summed E-state index contributed by atoms with van der Waals surface area (Å²) in [6.07, 6.45) is 1.88. The molecule has 0 bridgehead atoms. The van der Waals surface area contributed by atoms with Crippen molar-refractivity contribution in [3.8, 4) is 0 Å². The highest BCUT2D eigenvalue weighted by Gasteiger charge is 2.13. The maximum atomic E-state index is 9.13. The van der Waals surface area contributed by atoms with Crippen molar-refractivity contribution in [3.63, 3.8) is 0 Å². The molecule has 1 aromatic heterocycles. The largest absolute Gasteiger partial charge is 0.392 e. The molecule has 1 heterocycles. The number of rotatable bonds is 2. The lowest BCUT2D eigenvalue weighted by Gasteiger charge is -2.18. The highest BCUT2D eigenvalue weighted by molar-refractivity contribution is 5.79. The first-order valence-corrected chi connectivity index (χ1v) is 5.55. The molecule has 1 N–H and O–H groups in total. The van der Waals surface area contributed by atoms with Crippen LogP contribution in [0.5, 0.6) is 0 Å². The third-order valence-corrected chi connectivity index (χ3v) is 2.52. The molecule has 0 saturated heterocycles. The van der Waals surface area contributed by atoms with Gasteiger partial charge in [-0.2, -0.15) is 5.10 Å². The van der Waals surface area contributed by atoms with Crippen molar-refractivity contribution in [1.29, 1.82) is 0 Å². The van der Waals surface area contributed by atoms with Crippen molar-refractivity contribution >= 4 is 10.9 Å². The van der Waals surface area contributed by atoms with Gasteiger partial charge in [-0.05, 0) is 17.0 Å². The van der Waals surface area contributed by atoms with Crippen LogP contribution in [0.15, 0.2) is 24.4 Å². The average molecular weight is 218 g/mol. The number of aliphatic hydroxyl groups is 1. The van der Waals surface area contributed by atoms with E-state index in [4.69, 9.17) is 5.11 Å². The molecule has 0 saturated carbocycles. The maximum absolute atomic E-state index is 9.13. The van der Waals surface area contributed by atoms with Crippen LogP contribution in [-0.2, 0) is 13.2 Å². The van der Waals surface area contributed by atoms with Crippen LogP contribution in [0, 0.1) is 5.41 Å². The molecule has 86 valence electrons. The molecule has 3 nitrogen and oxygen atoms in total. The molecule has 0 amide bonds. The van der Waals surface area contributed by atoms with E-state index in [1.807, 2.05) is 29.1 Å². The van der Waals surface area contributed by atoms with Gasteiger partial charge in [0.2, 0.25) is 0 Å². The molecule has 16 heavy (non-hydrogen) atoms. The molecule has 0 fully saturated rings. The summed E-state index contributed by atoms with van der Waals surface area (Å²) in [5, 5.41) is 14.6. The predicted octanol–water partition coefficient (Wildman–Crippen LogP) is 2.57.